The van der Waals surface area contributed by atoms with Crippen LogP contribution in [0.4, 0.5) is 17.6 Å². The van der Waals surface area contributed by atoms with Crippen molar-refractivity contribution in [2.45, 2.75) is 33.1 Å². The van der Waals surface area contributed by atoms with Gasteiger partial charge in [-0.25, -0.2) is 15.0 Å². The maximum Gasteiger partial charge on any atom is 0.388 e. The van der Waals surface area contributed by atoms with E-state index in [0.29, 0.717) is 28.9 Å². The van der Waals surface area contributed by atoms with E-state index in [1.165, 1.54) is 49.8 Å². The van der Waals surface area contributed by atoms with Gasteiger partial charge in [-0.1, -0.05) is 18.2 Å². The molecule has 182 valence electrons. The Hall–Kier alpha value is -3.80. The molecule has 0 aliphatic heterocycles. The molecule has 0 aliphatic rings. The summed E-state index contributed by atoms with van der Waals surface area (Å²) in [5.41, 5.74) is 1.73. The van der Waals surface area contributed by atoms with Gasteiger partial charge in [0.15, 0.2) is 0 Å². The number of alkyl halides is 4. The van der Waals surface area contributed by atoms with Gasteiger partial charge in [0.2, 0.25) is 11.8 Å². The van der Waals surface area contributed by atoms with E-state index in [9.17, 15) is 22.4 Å². The highest BCUT2D eigenvalue weighted by molar-refractivity contribution is 5.76. The first kappa shape index (κ1) is 26.5. The van der Waals surface area contributed by atoms with E-state index in [1.807, 2.05) is 0 Å². The van der Waals surface area contributed by atoms with E-state index in [2.05, 4.69) is 36.3 Å². The van der Waals surface area contributed by atoms with Crippen molar-refractivity contribution < 1.29 is 36.9 Å². The number of amides is 1. The maximum atomic E-state index is 13.0. The minimum Gasteiger partial charge on any atom is -0.435 e. The normalized spacial score (nSPS) is 12.1. The highest BCUT2D eigenvalue weighted by atomic mass is 19.3. The van der Waals surface area contributed by atoms with Crippen molar-refractivity contribution in [2.75, 3.05) is 6.61 Å². The number of pyridine rings is 1. The van der Waals surface area contributed by atoms with Crippen molar-refractivity contribution in [1.29, 1.82) is 0 Å². The van der Waals surface area contributed by atoms with Gasteiger partial charge in [0.1, 0.15) is 18.2 Å². The summed E-state index contributed by atoms with van der Waals surface area (Å²) in [7, 11) is 0. The van der Waals surface area contributed by atoms with Crippen molar-refractivity contribution in [3.8, 4) is 5.88 Å². The van der Waals surface area contributed by atoms with Gasteiger partial charge in [-0.05, 0) is 42.2 Å². The molecule has 2 rings (SSSR count). The minimum absolute atomic E-state index is 0.0536. The molecule has 2 N–H and O–H groups in total. The zero-order valence-corrected chi connectivity index (χ0v) is 18.1. The predicted molar refractivity (Wildman–Crippen MR) is 114 cm³/mol. The fourth-order valence-corrected chi connectivity index (χ4v) is 2.60. The second-order valence-corrected chi connectivity index (χ2v) is 6.74. The Kier molecular flexibility index (Phi) is 10.1. The van der Waals surface area contributed by atoms with Gasteiger partial charge >= 0.3 is 13.2 Å². The minimum atomic E-state index is -3.12. The smallest absolute Gasteiger partial charge is 0.388 e. The average molecular weight is 482 g/mol. The molecule has 0 atom stereocenters. The summed E-state index contributed by atoms with van der Waals surface area (Å²) in [6.07, 6.45) is 7.30. The van der Waals surface area contributed by atoms with Crippen LogP contribution in [0.25, 0.3) is 5.57 Å². The van der Waals surface area contributed by atoms with E-state index in [4.69, 9.17) is 5.11 Å². The quantitative estimate of drug-likeness (QED) is 0.271. The first-order chi connectivity index (χ1) is 16.2. The third-order valence-corrected chi connectivity index (χ3v) is 4.21. The number of nitrogens with one attached hydrogen (secondary N) is 1. The Labute approximate surface area is 192 Å². The molecular weight excluding hydrogens is 460 g/mol. The molecule has 1 amide bonds. The molecule has 0 aromatic carbocycles. The van der Waals surface area contributed by atoms with Crippen molar-refractivity contribution in [1.82, 2.24) is 20.3 Å². The van der Waals surface area contributed by atoms with Crippen LogP contribution in [0.3, 0.4) is 0 Å². The van der Waals surface area contributed by atoms with Gasteiger partial charge in [-0.15, -0.1) is 0 Å². The number of hydrogen-bond acceptors (Lipinski definition) is 7. The first-order valence-electron chi connectivity index (χ1n) is 9.78. The highest BCUT2D eigenvalue weighted by Gasteiger charge is 2.13. The summed E-state index contributed by atoms with van der Waals surface area (Å²) in [6.45, 7) is -1.43. The van der Waals surface area contributed by atoms with E-state index < -0.39 is 25.7 Å². The first-order valence-corrected chi connectivity index (χ1v) is 9.78. The largest absolute Gasteiger partial charge is 0.435 e. The van der Waals surface area contributed by atoms with E-state index >= 15 is 0 Å². The third kappa shape index (κ3) is 8.98. The molecule has 2 heterocycles. The molecule has 0 bridgehead atoms. The van der Waals surface area contributed by atoms with Crippen LogP contribution in [0.15, 0.2) is 60.8 Å². The lowest BCUT2D eigenvalue weighted by Gasteiger charge is -2.12. The molecular formula is C22H22F4N4O4. The molecule has 0 saturated heterocycles. The van der Waals surface area contributed by atoms with Crippen LogP contribution in [0.2, 0.25) is 0 Å². The van der Waals surface area contributed by atoms with Crippen molar-refractivity contribution in [2.24, 2.45) is 0 Å². The highest BCUT2D eigenvalue weighted by Crippen LogP contribution is 2.25. The number of aromatic nitrogens is 3. The summed E-state index contributed by atoms with van der Waals surface area (Å²) in [6, 6.07) is 2.62. The molecule has 0 unspecified atom stereocenters. The van der Waals surface area contributed by atoms with E-state index in [1.54, 1.807) is 0 Å². The van der Waals surface area contributed by atoms with Gasteiger partial charge in [0.05, 0.1) is 6.54 Å². The van der Waals surface area contributed by atoms with Crippen molar-refractivity contribution >= 4 is 11.5 Å². The van der Waals surface area contributed by atoms with Crippen molar-refractivity contribution in [3.05, 3.63) is 77.7 Å². The third-order valence-electron chi connectivity index (χ3n) is 4.21. The Bertz CT molecular complexity index is 1040. The second-order valence-electron chi connectivity index (χ2n) is 6.74. The van der Waals surface area contributed by atoms with E-state index in [0.717, 1.165) is 0 Å². The summed E-state index contributed by atoms with van der Waals surface area (Å²) >= 11 is 0. The molecule has 2 aromatic rings. The summed E-state index contributed by atoms with van der Waals surface area (Å²) in [5.74, 6) is -0.779. The molecule has 0 fully saturated rings. The Morgan fingerprint density at radius 1 is 1.18 bits per heavy atom. The van der Waals surface area contributed by atoms with Gasteiger partial charge < -0.3 is 19.9 Å². The molecule has 0 aliphatic carbocycles. The van der Waals surface area contributed by atoms with Crippen LogP contribution >= 0.6 is 0 Å². The van der Waals surface area contributed by atoms with Crippen LogP contribution < -0.4 is 10.1 Å². The monoisotopic (exact) mass is 482 g/mol. The molecule has 0 spiro atoms. The number of ether oxygens (including phenoxy) is 2. The van der Waals surface area contributed by atoms with Crippen LogP contribution in [0, 0.1) is 0 Å². The SMILES string of the molecule is C=C(/C=C\C(OC(F)F)=C(/C)c1ccnc(OC(F)F)c1)Cc1cnc(CNC(=O)CO)nc1. The second kappa shape index (κ2) is 13.0. The van der Waals surface area contributed by atoms with Crippen LogP contribution in [-0.2, 0) is 22.5 Å². The topological polar surface area (TPSA) is 106 Å². The summed E-state index contributed by atoms with van der Waals surface area (Å²) in [5, 5.41) is 11.1. The Morgan fingerprint density at radius 2 is 1.88 bits per heavy atom. The molecule has 2 aromatic heterocycles. The maximum absolute atomic E-state index is 13.0. The van der Waals surface area contributed by atoms with Crippen molar-refractivity contribution in [3.63, 3.8) is 0 Å². The molecule has 12 heteroatoms. The van der Waals surface area contributed by atoms with Gasteiger partial charge in [0, 0.05) is 24.7 Å². The van der Waals surface area contributed by atoms with Crippen LogP contribution in [-0.4, -0.2) is 45.8 Å². The number of carbonyl (C=O) groups excluding carboxylic acids is 1. The summed E-state index contributed by atoms with van der Waals surface area (Å²) < 4.78 is 59.6. The van der Waals surface area contributed by atoms with Gasteiger partial charge in [-0.3, -0.25) is 4.79 Å². The summed E-state index contributed by atoms with van der Waals surface area (Å²) in [4.78, 5) is 22.9. The lowest BCUT2D eigenvalue weighted by molar-refractivity contribution is -0.124. The fraction of sp³-hybridized carbons (Fsp3) is 0.273. The number of hydrogen-bond donors (Lipinski definition) is 2. The molecule has 0 radical (unpaired) electrons. The average Bonchev–Trinajstić information content (AvgIpc) is 2.80. The number of halogens is 4. The lowest BCUT2D eigenvalue weighted by Crippen LogP contribution is -2.26. The zero-order valence-electron chi connectivity index (χ0n) is 18.1. The standard InChI is InChI=1S/C22H22F4N4O4/c1-13(7-15-9-28-18(29-10-15)11-30-19(32)12-31)3-4-17(33-21(23)24)14(2)16-5-6-27-20(8-16)34-22(25)26/h3-6,8-10,21-22,31H,1,7,11-12H2,2H3,(H,30,32)/b4-3-,17-14-. The number of aliphatic hydroxyl groups is 1. The van der Waals surface area contributed by atoms with Crippen LogP contribution in [0.1, 0.15) is 23.9 Å². The Balaban J connectivity index is 2.12. The molecule has 0 saturated carbocycles. The van der Waals surface area contributed by atoms with Crippen LogP contribution in [0.5, 0.6) is 5.88 Å². The lowest BCUT2D eigenvalue weighted by atomic mass is 10.1. The number of rotatable bonds is 12. The zero-order chi connectivity index (χ0) is 25.1. The van der Waals surface area contributed by atoms with Gasteiger partial charge in [0.25, 0.3) is 0 Å². The number of aliphatic hydroxyl groups excluding tert-OH is 1. The van der Waals surface area contributed by atoms with E-state index in [-0.39, 0.29) is 23.8 Å². The fourth-order valence-electron chi connectivity index (χ4n) is 2.60. The number of allylic oxidation sites excluding steroid dienone is 4. The van der Waals surface area contributed by atoms with Gasteiger partial charge in [-0.2, -0.15) is 17.6 Å². The Morgan fingerprint density at radius 3 is 2.50 bits per heavy atom. The molecule has 8 nitrogen and oxygen atoms in total. The number of nitrogens with zero attached hydrogens (tertiary/aromatic N) is 3. The molecule has 34 heavy (non-hydrogen) atoms. The number of carbonyl (C=O) groups is 1. The predicted octanol–water partition coefficient (Wildman–Crippen LogP) is 3.41.